The zero-order valence-electron chi connectivity index (χ0n) is 13.9. The zero-order chi connectivity index (χ0) is 19.1. The van der Waals surface area contributed by atoms with Gasteiger partial charge in [-0.05, 0) is 18.1 Å². The number of benzene rings is 1. The van der Waals surface area contributed by atoms with Crippen molar-refractivity contribution in [2.75, 3.05) is 6.61 Å². The monoisotopic (exact) mass is 366 g/mol. The number of hydroxylamine groups is 2. The molecule has 10 heteroatoms. The molecular weight excluding hydrogens is 348 g/mol. The van der Waals surface area contributed by atoms with E-state index in [1.807, 2.05) is 0 Å². The fourth-order valence-electron chi connectivity index (χ4n) is 2.32. The van der Waals surface area contributed by atoms with Crippen molar-refractivity contribution in [3.8, 4) is 0 Å². The average molecular weight is 366 g/mol. The van der Waals surface area contributed by atoms with Crippen LogP contribution >= 0.6 is 0 Å². The number of ether oxygens (including phenoxy) is 1. The fourth-order valence-corrected chi connectivity index (χ4v) is 2.32. The van der Waals surface area contributed by atoms with Gasteiger partial charge >= 0.3 is 5.97 Å². The van der Waals surface area contributed by atoms with Crippen LogP contribution in [-0.2, 0) is 37.2 Å². The maximum Gasteiger partial charge on any atom is 0.333 e. The third-order valence-electron chi connectivity index (χ3n) is 3.65. The topological polar surface area (TPSA) is 136 Å². The van der Waals surface area contributed by atoms with E-state index in [9.17, 15) is 24.5 Å². The summed E-state index contributed by atoms with van der Waals surface area (Å²) in [6, 6.07) is 4.39. The SMILES string of the molecule is O=C(CCCOCc1ccc(CO)c([N+](=O)[O-])c1)ON1C(=O)CCC1=O. The molecule has 0 aliphatic carbocycles. The first kappa shape index (κ1) is 19.5. The molecule has 0 saturated carbocycles. The van der Waals surface area contributed by atoms with Crippen LogP contribution in [0, 0.1) is 10.1 Å². The number of carbonyl (C=O) groups excluding carboxylic acids is 3. The van der Waals surface area contributed by atoms with Crippen LogP contribution in [0.3, 0.4) is 0 Å². The van der Waals surface area contributed by atoms with Gasteiger partial charge in [0.15, 0.2) is 0 Å². The van der Waals surface area contributed by atoms with Crippen molar-refractivity contribution >= 4 is 23.5 Å². The molecule has 1 fully saturated rings. The van der Waals surface area contributed by atoms with Gasteiger partial charge in [-0.2, -0.15) is 0 Å². The Balaban J connectivity index is 1.71. The molecule has 0 aromatic heterocycles. The van der Waals surface area contributed by atoms with Crippen LogP contribution in [0.15, 0.2) is 18.2 Å². The van der Waals surface area contributed by atoms with Gasteiger partial charge in [0.1, 0.15) is 0 Å². The highest BCUT2D eigenvalue weighted by Gasteiger charge is 2.32. The molecule has 10 nitrogen and oxygen atoms in total. The van der Waals surface area contributed by atoms with Crippen molar-refractivity contribution in [3.05, 3.63) is 39.4 Å². The average Bonchev–Trinajstić information content (AvgIpc) is 2.93. The lowest BCUT2D eigenvalue weighted by molar-refractivity contribution is -0.385. The van der Waals surface area contributed by atoms with Crippen molar-refractivity contribution in [1.82, 2.24) is 5.06 Å². The number of nitro benzene ring substituents is 1. The standard InChI is InChI=1S/C16H18N2O8/c19-9-12-4-3-11(8-13(12)18(23)24)10-25-7-1-2-16(22)26-17-14(20)5-6-15(17)21/h3-4,8,19H,1-2,5-7,9-10H2. The van der Waals surface area contributed by atoms with Crippen LogP contribution in [0.4, 0.5) is 5.69 Å². The smallest absolute Gasteiger partial charge is 0.333 e. The summed E-state index contributed by atoms with van der Waals surface area (Å²) >= 11 is 0. The van der Waals surface area contributed by atoms with Gasteiger partial charge < -0.3 is 14.7 Å². The van der Waals surface area contributed by atoms with Crippen molar-refractivity contribution in [2.24, 2.45) is 0 Å². The molecule has 1 N–H and O–H groups in total. The molecule has 1 heterocycles. The minimum absolute atomic E-state index is 0.0381. The van der Waals surface area contributed by atoms with E-state index in [0.29, 0.717) is 17.0 Å². The van der Waals surface area contributed by atoms with Gasteiger partial charge in [-0.1, -0.05) is 6.07 Å². The predicted octanol–water partition coefficient (Wildman–Crippen LogP) is 0.991. The van der Waals surface area contributed by atoms with Gasteiger partial charge in [-0.15, -0.1) is 5.06 Å². The third kappa shape index (κ3) is 5.07. The van der Waals surface area contributed by atoms with Crippen LogP contribution in [0.2, 0.25) is 0 Å². The van der Waals surface area contributed by atoms with E-state index in [1.165, 1.54) is 12.1 Å². The lowest BCUT2D eigenvalue weighted by Crippen LogP contribution is -2.32. The quantitative estimate of drug-likeness (QED) is 0.296. The molecule has 0 bridgehead atoms. The van der Waals surface area contributed by atoms with Crippen LogP contribution < -0.4 is 0 Å². The molecule has 1 saturated heterocycles. The highest BCUT2D eigenvalue weighted by molar-refractivity contribution is 6.01. The molecule has 2 rings (SSSR count). The highest BCUT2D eigenvalue weighted by Crippen LogP contribution is 2.21. The molecule has 1 aliphatic heterocycles. The first-order valence-corrected chi connectivity index (χ1v) is 7.93. The number of imide groups is 1. The highest BCUT2D eigenvalue weighted by atomic mass is 16.7. The Morgan fingerprint density at radius 1 is 1.27 bits per heavy atom. The molecule has 0 spiro atoms. The lowest BCUT2D eigenvalue weighted by Gasteiger charge is -2.12. The van der Waals surface area contributed by atoms with E-state index in [-0.39, 0.29) is 43.7 Å². The van der Waals surface area contributed by atoms with Gasteiger partial charge in [0.25, 0.3) is 17.5 Å². The maximum atomic E-state index is 11.6. The third-order valence-corrected chi connectivity index (χ3v) is 3.65. The Labute approximate surface area is 148 Å². The molecule has 1 aromatic rings. The summed E-state index contributed by atoms with van der Waals surface area (Å²) in [7, 11) is 0. The Kier molecular flexibility index (Phi) is 6.75. The molecule has 0 radical (unpaired) electrons. The van der Waals surface area contributed by atoms with E-state index in [2.05, 4.69) is 0 Å². The lowest BCUT2D eigenvalue weighted by atomic mass is 10.1. The number of rotatable bonds is 9. The van der Waals surface area contributed by atoms with Crippen LogP contribution in [0.1, 0.15) is 36.8 Å². The number of nitro groups is 1. The molecule has 26 heavy (non-hydrogen) atoms. The number of hydrogen-bond donors (Lipinski definition) is 1. The molecule has 0 unspecified atom stereocenters. The van der Waals surface area contributed by atoms with Gasteiger partial charge in [-0.3, -0.25) is 19.7 Å². The normalized spacial score (nSPS) is 14.0. The number of carbonyl (C=O) groups is 3. The van der Waals surface area contributed by atoms with Crippen molar-refractivity contribution in [2.45, 2.75) is 38.9 Å². The number of amides is 2. The summed E-state index contributed by atoms with van der Waals surface area (Å²) in [6.07, 6.45) is 0.333. The summed E-state index contributed by atoms with van der Waals surface area (Å²) in [5.74, 6) is -1.78. The summed E-state index contributed by atoms with van der Waals surface area (Å²) in [6.45, 7) is -0.140. The second-order valence-electron chi connectivity index (χ2n) is 5.58. The zero-order valence-corrected chi connectivity index (χ0v) is 13.9. The summed E-state index contributed by atoms with van der Waals surface area (Å²) in [5, 5.41) is 20.5. The molecule has 1 aliphatic rings. The summed E-state index contributed by atoms with van der Waals surface area (Å²) in [4.78, 5) is 49.3. The maximum absolute atomic E-state index is 11.6. The van der Waals surface area contributed by atoms with E-state index in [0.717, 1.165) is 0 Å². The van der Waals surface area contributed by atoms with Crippen molar-refractivity contribution < 1.29 is 34.0 Å². The van der Waals surface area contributed by atoms with Gasteiger partial charge in [-0.25, -0.2) is 4.79 Å². The molecule has 1 aromatic carbocycles. The molecule has 2 amide bonds. The minimum Gasteiger partial charge on any atom is -0.391 e. The first-order chi connectivity index (χ1) is 12.4. The Morgan fingerprint density at radius 2 is 1.96 bits per heavy atom. The predicted molar refractivity (Wildman–Crippen MR) is 85.1 cm³/mol. The second kappa shape index (κ2) is 9.02. The molecule has 140 valence electrons. The van der Waals surface area contributed by atoms with E-state index in [4.69, 9.17) is 14.7 Å². The second-order valence-corrected chi connectivity index (χ2v) is 5.58. The number of hydrogen-bond acceptors (Lipinski definition) is 8. The van der Waals surface area contributed by atoms with Crippen LogP contribution in [0.5, 0.6) is 0 Å². The molecule has 0 atom stereocenters. The van der Waals surface area contributed by atoms with Crippen LogP contribution in [-0.4, -0.2) is 39.5 Å². The summed E-state index contributed by atoms with van der Waals surface area (Å²) in [5.41, 5.74) is 0.592. The minimum atomic E-state index is -0.708. The van der Waals surface area contributed by atoms with E-state index in [1.54, 1.807) is 6.07 Å². The number of aliphatic hydroxyl groups is 1. The Morgan fingerprint density at radius 3 is 2.58 bits per heavy atom. The van der Waals surface area contributed by atoms with Gasteiger partial charge in [0.2, 0.25) is 0 Å². The Hall–Kier alpha value is -2.85. The van der Waals surface area contributed by atoms with Crippen LogP contribution in [0.25, 0.3) is 0 Å². The van der Waals surface area contributed by atoms with Crippen molar-refractivity contribution in [3.63, 3.8) is 0 Å². The van der Waals surface area contributed by atoms with Crippen molar-refractivity contribution in [1.29, 1.82) is 0 Å². The van der Waals surface area contributed by atoms with Gasteiger partial charge in [0.05, 0.1) is 30.1 Å². The van der Waals surface area contributed by atoms with E-state index >= 15 is 0 Å². The largest absolute Gasteiger partial charge is 0.391 e. The first-order valence-electron chi connectivity index (χ1n) is 7.93. The number of aliphatic hydroxyl groups excluding tert-OH is 1. The van der Waals surface area contributed by atoms with Gasteiger partial charge in [0, 0.05) is 25.5 Å². The van der Waals surface area contributed by atoms with E-state index < -0.39 is 29.3 Å². The number of nitrogens with zero attached hydrogens (tertiary/aromatic N) is 2. The fraction of sp³-hybridized carbons (Fsp3) is 0.438. The molecular formula is C16H18N2O8. The Bertz CT molecular complexity index is 702. The summed E-state index contributed by atoms with van der Waals surface area (Å²) < 4.78 is 5.35.